The van der Waals surface area contributed by atoms with E-state index in [-0.39, 0.29) is 29.7 Å². The number of hydrogen-bond donors (Lipinski definition) is 1. The summed E-state index contributed by atoms with van der Waals surface area (Å²) in [5, 5.41) is 14.0. The molecule has 198 valence electrons. The first-order chi connectivity index (χ1) is 18.3. The summed E-state index contributed by atoms with van der Waals surface area (Å²) in [6.45, 7) is 4.42. The molecule has 1 atom stereocenters. The Balaban J connectivity index is 1.53. The summed E-state index contributed by atoms with van der Waals surface area (Å²) in [6.07, 6.45) is 0.488. The second kappa shape index (κ2) is 9.25. The molecule has 1 fully saturated rings. The van der Waals surface area contributed by atoms with Gasteiger partial charge in [0.05, 0.1) is 41.9 Å². The third-order valence-corrected chi connectivity index (χ3v) is 7.64. The minimum absolute atomic E-state index is 0.00919. The highest BCUT2D eigenvalue weighted by atomic mass is 19.3. The molecule has 0 spiro atoms. The smallest absolute Gasteiger partial charge is 0.265 e. The minimum Gasteiger partial charge on any atom is -0.395 e. The molecule has 1 N–H and O–H groups in total. The molecule has 1 aromatic carbocycles. The molecule has 1 amide bonds. The molecule has 0 bridgehead atoms. The van der Waals surface area contributed by atoms with E-state index in [1.54, 1.807) is 29.9 Å². The molecule has 0 radical (unpaired) electrons. The van der Waals surface area contributed by atoms with Gasteiger partial charge in [-0.3, -0.25) is 14.4 Å². The fraction of sp³-hybridized carbons (Fsp3) is 0.407. The van der Waals surface area contributed by atoms with Gasteiger partial charge in [-0.15, -0.1) is 0 Å². The molecule has 2 aliphatic rings. The Morgan fingerprint density at radius 2 is 1.95 bits per heavy atom. The van der Waals surface area contributed by atoms with Crippen molar-refractivity contribution >= 4 is 16.8 Å². The van der Waals surface area contributed by atoms with E-state index in [2.05, 4.69) is 15.0 Å². The molecule has 9 nitrogen and oxygen atoms in total. The topological polar surface area (TPSA) is 92.3 Å². The number of hydrogen-bond acceptors (Lipinski definition) is 6. The average Bonchev–Trinajstić information content (AvgIpc) is 3.47. The number of halogens is 2. The van der Waals surface area contributed by atoms with Crippen molar-refractivity contribution in [3.63, 3.8) is 0 Å². The Labute approximate surface area is 218 Å². The summed E-state index contributed by atoms with van der Waals surface area (Å²) >= 11 is 0. The molecule has 0 aliphatic carbocycles. The number of carbonyl (C=O) groups excluding carboxylic acids is 1. The van der Waals surface area contributed by atoms with Gasteiger partial charge in [-0.1, -0.05) is 12.1 Å². The van der Waals surface area contributed by atoms with Gasteiger partial charge in [0.1, 0.15) is 11.9 Å². The van der Waals surface area contributed by atoms with Gasteiger partial charge in [0.2, 0.25) is 5.91 Å². The number of fused-ring (bicyclic) bond motifs is 2. The van der Waals surface area contributed by atoms with E-state index in [1.165, 1.54) is 12.3 Å². The van der Waals surface area contributed by atoms with E-state index < -0.39 is 12.5 Å². The summed E-state index contributed by atoms with van der Waals surface area (Å²) in [4.78, 5) is 26.5. The number of aryl methyl sites for hydroxylation is 1. The van der Waals surface area contributed by atoms with Crippen molar-refractivity contribution in [2.24, 2.45) is 7.05 Å². The predicted molar refractivity (Wildman–Crippen MR) is 138 cm³/mol. The van der Waals surface area contributed by atoms with E-state index >= 15 is 0 Å². The second-order valence-electron chi connectivity index (χ2n) is 10.2. The Bertz CT molecular complexity index is 1540. The van der Waals surface area contributed by atoms with E-state index in [0.29, 0.717) is 40.8 Å². The van der Waals surface area contributed by atoms with Crippen LogP contribution in [0.5, 0.6) is 0 Å². The third-order valence-electron chi connectivity index (χ3n) is 7.64. The number of imidazole rings is 1. The van der Waals surface area contributed by atoms with Crippen LogP contribution >= 0.6 is 0 Å². The molecule has 38 heavy (non-hydrogen) atoms. The highest BCUT2D eigenvalue weighted by Crippen LogP contribution is 2.41. The number of aromatic nitrogens is 5. The van der Waals surface area contributed by atoms with Gasteiger partial charge in [0.25, 0.3) is 6.43 Å². The van der Waals surface area contributed by atoms with Gasteiger partial charge in [-0.25, -0.2) is 18.7 Å². The average molecular weight is 522 g/mol. The van der Waals surface area contributed by atoms with Crippen molar-refractivity contribution in [2.45, 2.75) is 31.9 Å². The quantitative estimate of drug-likeness (QED) is 0.418. The molecule has 11 heteroatoms. The fourth-order valence-electron chi connectivity index (χ4n) is 5.72. The summed E-state index contributed by atoms with van der Waals surface area (Å²) in [5.41, 5.74) is 3.45. The van der Waals surface area contributed by atoms with Crippen molar-refractivity contribution in [3.8, 4) is 22.5 Å². The molecule has 5 heterocycles. The number of β-amino-alcohol motifs (C(OH)–C–C–N with tert-alkyl or cyclic N) is 1. The number of nitrogens with zero attached hydrogens (tertiary/aromatic N) is 7. The maximum Gasteiger partial charge on any atom is 0.265 e. The lowest BCUT2D eigenvalue weighted by molar-refractivity contribution is -0.135. The molecule has 3 aromatic heterocycles. The highest BCUT2D eigenvalue weighted by Gasteiger charge is 2.39. The number of aliphatic hydroxyl groups excluding tert-OH is 1. The molecule has 6 rings (SSSR count). The number of amides is 1. The lowest BCUT2D eigenvalue weighted by atomic mass is 9.98. The normalized spacial score (nSPS) is 18.4. The molecule has 4 aromatic rings. The number of likely N-dealkylation sites (N-methyl/N-ethyl adjacent to an activating group) is 1. The van der Waals surface area contributed by atoms with Gasteiger partial charge >= 0.3 is 0 Å². The van der Waals surface area contributed by atoms with Crippen molar-refractivity contribution < 1.29 is 18.7 Å². The summed E-state index contributed by atoms with van der Waals surface area (Å²) in [7, 11) is 3.50. The standard InChI is InChI=1S/C27H29F2N7O2/c1-15-27(38)33(2)14-22-24(32-26(36(15)22)17-12-35(13-17)7-8-37)18-5-4-6-21-19(18)9-20(25(28)29)23(31-21)16-10-30-34(3)11-16/h4-6,9-11,15,17,25,37H,7-8,12-14H2,1-3H3/t15-/m0/s1. The Morgan fingerprint density at radius 3 is 2.63 bits per heavy atom. The Kier molecular flexibility index (Phi) is 5.99. The first kappa shape index (κ1) is 24.6. The van der Waals surface area contributed by atoms with Crippen molar-refractivity contribution in [1.82, 2.24) is 34.1 Å². The van der Waals surface area contributed by atoms with Crippen LogP contribution in [-0.4, -0.2) is 78.4 Å². The largest absolute Gasteiger partial charge is 0.395 e. The maximum absolute atomic E-state index is 14.3. The van der Waals surface area contributed by atoms with Gasteiger partial charge < -0.3 is 14.6 Å². The molecule has 1 saturated heterocycles. The van der Waals surface area contributed by atoms with Crippen LogP contribution in [0, 0.1) is 0 Å². The maximum atomic E-state index is 14.3. The van der Waals surface area contributed by atoms with Crippen LogP contribution < -0.4 is 0 Å². The van der Waals surface area contributed by atoms with Gasteiger partial charge in [0.15, 0.2) is 0 Å². The SMILES string of the molecule is C[C@H]1C(=O)N(C)Cc2c(-c3cccc4nc(-c5cnn(C)c5)c(C(F)F)cc34)nc(C3CN(CCO)C3)n21. The molecule has 0 saturated carbocycles. The minimum atomic E-state index is -2.72. The van der Waals surface area contributed by atoms with E-state index in [1.807, 2.05) is 29.7 Å². The van der Waals surface area contributed by atoms with Gasteiger partial charge in [0, 0.05) is 67.9 Å². The van der Waals surface area contributed by atoms with E-state index in [4.69, 9.17) is 4.98 Å². The molecule has 2 aliphatic heterocycles. The lowest BCUT2D eigenvalue weighted by Gasteiger charge is -2.40. The molecule has 0 unspecified atom stereocenters. The van der Waals surface area contributed by atoms with Crippen LogP contribution in [0.1, 0.15) is 42.4 Å². The van der Waals surface area contributed by atoms with Crippen LogP contribution in [0.25, 0.3) is 33.4 Å². The zero-order valence-corrected chi connectivity index (χ0v) is 21.5. The van der Waals surface area contributed by atoms with Crippen LogP contribution in [0.15, 0.2) is 36.7 Å². The number of aliphatic hydroxyl groups is 1. The number of likely N-dealkylation sites (tertiary alicyclic amines) is 1. The van der Waals surface area contributed by atoms with Crippen LogP contribution in [0.3, 0.4) is 0 Å². The Morgan fingerprint density at radius 1 is 1.16 bits per heavy atom. The van der Waals surface area contributed by atoms with Crippen molar-refractivity contribution in [1.29, 1.82) is 0 Å². The zero-order valence-electron chi connectivity index (χ0n) is 21.5. The third kappa shape index (κ3) is 3.88. The molecular formula is C27H29F2N7O2. The van der Waals surface area contributed by atoms with Crippen LogP contribution in [0.4, 0.5) is 8.78 Å². The predicted octanol–water partition coefficient (Wildman–Crippen LogP) is 3.36. The number of pyridine rings is 1. The van der Waals surface area contributed by atoms with E-state index in [0.717, 1.165) is 24.6 Å². The summed E-state index contributed by atoms with van der Waals surface area (Å²) < 4.78 is 32.2. The lowest BCUT2D eigenvalue weighted by Crippen LogP contribution is -2.48. The summed E-state index contributed by atoms with van der Waals surface area (Å²) in [6, 6.07) is 6.65. The number of alkyl halides is 2. The Hall–Kier alpha value is -3.70. The molecular weight excluding hydrogens is 492 g/mol. The summed E-state index contributed by atoms with van der Waals surface area (Å²) in [5.74, 6) is 0.953. The van der Waals surface area contributed by atoms with E-state index in [9.17, 15) is 18.7 Å². The highest BCUT2D eigenvalue weighted by molar-refractivity contribution is 5.96. The van der Waals surface area contributed by atoms with Crippen LogP contribution in [-0.2, 0) is 18.4 Å². The number of carbonyl (C=O) groups is 1. The number of benzene rings is 1. The van der Waals surface area contributed by atoms with Crippen LogP contribution in [0.2, 0.25) is 0 Å². The monoisotopic (exact) mass is 521 g/mol. The first-order valence-corrected chi connectivity index (χ1v) is 12.7. The zero-order chi connectivity index (χ0) is 26.7. The number of rotatable bonds is 6. The van der Waals surface area contributed by atoms with Gasteiger partial charge in [-0.2, -0.15) is 5.10 Å². The fourth-order valence-corrected chi connectivity index (χ4v) is 5.72. The van der Waals surface area contributed by atoms with Crippen molar-refractivity contribution in [2.75, 3.05) is 33.3 Å². The van der Waals surface area contributed by atoms with Crippen molar-refractivity contribution in [3.05, 3.63) is 53.7 Å². The first-order valence-electron chi connectivity index (χ1n) is 12.7. The van der Waals surface area contributed by atoms with Gasteiger partial charge in [-0.05, 0) is 19.1 Å². The second-order valence-corrected chi connectivity index (χ2v) is 10.2.